The molecule has 26 heavy (non-hydrogen) atoms. The van der Waals surface area contributed by atoms with Gasteiger partial charge in [-0.15, -0.1) is 0 Å². The summed E-state index contributed by atoms with van der Waals surface area (Å²) in [5.74, 6) is -3.08. The molecule has 1 unspecified atom stereocenters. The average molecular weight is 364 g/mol. The van der Waals surface area contributed by atoms with Crippen LogP contribution in [0.5, 0.6) is 0 Å². The quantitative estimate of drug-likeness (QED) is 0.437. The predicted molar refractivity (Wildman–Crippen MR) is 88.6 cm³/mol. The zero-order valence-electron chi connectivity index (χ0n) is 15.2. The molecule has 3 fully saturated rings. The summed E-state index contributed by atoms with van der Waals surface area (Å²) >= 11 is 0. The molecule has 2 heterocycles. The Labute approximate surface area is 151 Å². The van der Waals surface area contributed by atoms with Gasteiger partial charge in [-0.1, -0.05) is 20.4 Å². The fraction of sp³-hybridized carbons (Fsp3) is 0.684. The van der Waals surface area contributed by atoms with Gasteiger partial charge in [0.15, 0.2) is 0 Å². The summed E-state index contributed by atoms with van der Waals surface area (Å²) in [7, 11) is 0. The van der Waals surface area contributed by atoms with Crippen LogP contribution in [0.4, 0.5) is 0 Å². The number of carbonyl (C=O) groups excluding carboxylic acids is 2. The molecule has 2 aliphatic carbocycles. The Morgan fingerprint density at radius 3 is 2.77 bits per heavy atom. The second kappa shape index (κ2) is 5.18. The molecule has 2 aliphatic heterocycles. The molecule has 4 aliphatic rings. The van der Waals surface area contributed by atoms with Crippen LogP contribution in [0.2, 0.25) is 0 Å². The molecule has 0 amide bonds. The summed E-state index contributed by atoms with van der Waals surface area (Å²) in [6.45, 7) is 8.61. The molecule has 0 radical (unpaired) electrons. The van der Waals surface area contributed by atoms with Crippen LogP contribution in [-0.4, -0.2) is 52.4 Å². The minimum Gasteiger partial charge on any atom is -0.453 e. The molecular weight excluding hydrogens is 340 g/mol. The maximum absolute atomic E-state index is 12.4. The Morgan fingerprint density at radius 1 is 1.42 bits per heavy atom. The molecular formula is C19H24O7. The third-order valence-corrected chi connectivity index (χ3v) is 7.02. The number of ether oxygens (including phenoxy) is 3. The van der Waals surface area contributed by atoms with E-state index in [0.29, 0.717) is 0 Å². The van der Waals surface area contributed by atoms with Gasteiger partial charge in [0.25, 0.3) is 0 Å². The second-order valence-electron chi connectivity index (χ2n) is 8.19. The van der Waals surface area contributed by atoms with Crippen molar-refractivity contribution in [1.29, 1.82) is 0 Å². The van der Waals surface area contributed by atoms with Crippen LogP contribution in [-0.2, 0) is 23.8 Å². The lowest BCUT2D eigenvalue weighted by Gasteiger charge is -2.54. The molecule has 1 saturated heterocycles. The number of hydrogen-bond acceptors (Lipinski definition) is 7. The summed E-state index contributed by atoms with van der Waals surface area (Å²) in [4.78, 5) is 24.6. The summed E-state index contributed by atoms with van der Waals surface area (Å²) in [6, 6.07) is 0. The van der Waals surface area contributed by atoms with Gasteiger partial charge in [0.1, 0.15) is 11.7 Å². The van der Waals surface area contributed by atoms with Gasteiger partial charge in [0, 0.05) is 17.4 Å². The van der Waals surface area contributed by atoms with E-state index in [1.807, 2.05) is 6.92 Å². The maximum Gasteiger partial charge on any atom is 0.336 e. The normalized spacial score (nSPS) is 46.0. The van der Waals surface area contributed by atoms with E-state index in [1.54, 1.807) is 6.92 Å². The van der Waals surface area contributed by atoms with Gasteiger partial charge >= 0.3 is 11.9 Å². The second-order valence-corrected chi connectivity index (χ2v) is 8.19. The van der Waals surface area contributed by atoms with E-state index in [4.69, 9.17) is 14.2 Å². The van der Waals surface area contributed by atoms with Gasteiger partial charge in [0.05, 0.1) is 23.9 Å². The molecule has 0 aromatic carbocycles. The van der Waals surface area contributed by atoms with Crippen molar-refractivity contribution in [3.63, 3.8) is 0 Å². The smallest absolute Gasteiger partial charge is 0.336 e. The van der Waals surface area contributed by atoms with Crippen LogP contribution >= 0.6 is 0 Å². The van der Waals surface area contributed by atoms with Crippen molar-refractivity contribution < 1.29 is 34.0 Å². The van der Waals surface area contributed by atoms with E-state index in [0.717, 1.165) is 12.8 Å². The number of aliphatic hydroxyl groups is 2. The zero-order valence-corrected chi connectivity index (χ0v) is 15.2. The standard InChI is InChI=1S/C19H24O7/c1-9(7-20)15(21)24-14-13-11(3)16(22)26-19(13,23)8-18-12(25-18)6-5-10(2)17(14,18)4/h10,12,14,20,23H,1,5-8H2,2-4H3/t10?,12-,14-,17+,18-,19+/m1/s1. The van der Waals surface area contributed by atoms with Crippen molar-refractivity contribution >= 4 is 11.9 Å². The van der Waals surface area contributed by atoms with Crippen LogP contribution in [0.15, 0.2) is 23.3 Å². The van der Waals surface area contributed by atoms with Gasteiger partial charge in [-0.25, -0.2) is 9.59 Å². The summed E-state index contributed by atoms with van der Waals surface area (Å²) < 4.78 is 17.1. The third-order valence-electron chi connectivity index (χ3n) is 7.02. The van der Waals surface area contributed by atoms with Gasteiger partial charge < -0.3 is 24.4 Å². The molecule has 142 valence electrons. The SMILES string of the molecule is C=C(CO)C(=O)O[C@@H]1C2=C(C)C(=O)O[C@@]2(O)C[C@@]23O[C@@H]2CCC(C)[C@@]13C. The number of hydrogen-bond donors (Lipinski definition) is 2. The Bertz CT molecular complexity index is 755. The first-order valence-electron chi connectivity index (χ1n) is 8.95. The molecule has 6 atom stereocenters. The number of esters is 2. The van der Waals surface area contributed by atoms with E-state index in [-0.39, 0.29) is 35.2 Å². The van der Waals surface area contributed by atoms with E-state index < -0.39 is 41.5 Å². The Balaban J connectivity index is 1.85. The first kappa shape index (κ1) is 17.7. The van der Waals surface area contributed by atoms with Gasteiger partial charge in [0.2, 0.25) is 5.79 Å². The summed E-state index contributed by atoms with van der Waals surface area (Å²) in [5.41, 5.74) is -0.877. The fourth-order valence-electron chi connectivity index (χ4n) is 5.24. The summed E-state index contributed by atoms with van der Waals surface area (Å²) in [5, 5.41) is 20.3. The van der Waals surface area contributed by atoms with E-state index in [9.17, 15) is 19.8 Å². The lowest BCUT2D eigenvalue weighted by Crippen LogP contribution is -2.64. The van der Waals surface area contributed by atoms with Crippen molar-refractivity contribution in [2.45, 2.75) is 63.6 Å². The fourth-order valence-corrected chi connectivity index (χ4v) is 5.24. The number of epoxide rings is 1. The minimum absolute atomic E-state index is 0.0591. The lowest BCUT2D eigenvalue weighted by atomic mass is 9.51. The number of fused-ring (bicyclic) bond motifs is 1. The molecule has 7 heteroatoms. The zero-order chi connectivity index (χ0) is 19.1. The van der Waals surface area contributed by atoms with Crippen molar-refractivity contribution in [2.75, 3.05) is 6.61 Å². The third kappa shape index (κ3) is 1.94. The van der Waals surface area contributed by atoms with Gasteiger partial charge in [-0.3, -0.25) is 0 Å². The predicted octanol–water partition coefficient (Wildman–Crippen LogP) is 0.986. The highest BCUT2D eigenvalue weighted by Gasteiger charge is 2.80. The Morgan fingerprint density at radius 2 is 2.12 bits per heavy atom. The number of rotatable bonds is 3. The molecule has 2 N–H and O–H groups in total. The van der Waals surface area contributed by atoms with Gasteiger partial charge in [-0.2, -0.15) is 0 Å². The summed E-state index contributed by atoms with van der Waals surface area (Å²) in [6.07, 6.45) is 0.916. The highest BCUT2D eigenvalue weighted by atomic mass is 16.7. The molecule has 0 bridgehead atoms. The highest BCUT2D eigenvalue weighted by molar-refractivity contribution is 5.93. The molecule has 0 aromatic heterocycles. The number of carbonyl (C=O) groups is 2. The van der Waals surface area contributed by atoms with E-state index in [2.05, 4.69) is 13.5 Å². The molecule has 0 aromatic rings. The average Bonchev–Trinajstić information content (AvgIpc) is 3.24. The first-order chi connectivity index (χ1) is 12.1. The van der Waals surface area contributed by atoms with Crippen LogP contribution in [0, 0.1) is 11.3 Å². The van der Waals surface area contributed by atoms with Crippen molar-refractivity contribution in [1.82, 2.24) is 0 Å². The first-order valence-corrected chi connectivity index (χ1v) is 8.95. The van der Waals surface area contributed by atoms with Gasteiger partial charge in [-0.05, 0) is 25.7 Å². The van der Waals surface area contributed by atoms with Crippen LogP contribution in [0.25, 0.3) is 0 Å². The van der Waals surface area contributed by atoms with Crippen molar-refractivity contribution in [2.24, 2.45) is 11.3 Å². The maximum atomic E-state index is 12.4. The van der Waals surface area contributed by atoms with Crippen LogP contribution < -0.4 is 0 Å². The Hall–Kier alpha value is -1.70. The largest absolute Gasteiger partial charge is 0.453 e. The van der Waals surface area contributed by atoms with E-state index >= 15 is 0 Å². The monoisotopic (exact) mass is 364 g/mol. The topological polar surface area (TPSA) is 106 Å². The highest BCUT2D eigenvalue weighted by Crippen LogP contribution is 2.70. The van der Waals surface area contributed by atoms with Crippen molar-refractivity contribution in [3.8, 4) is 0 Å². The lowest BCUT2D eigenvalue weighted by molar-refractivity contribution is -0.225. The molecule has 7 nitrogen and oxygen atoms in total. The number of aliphatic hydroxyl groups excluding tert-OH is 1. The van der Waals surface area contributed by atoms with Crippen LogP contribution in [0.3, 0.4) is 0 Å². The molecule has 4 rings (SSSR count). The van der Waals surface area contributed by atoms with Crippen LogP contribution in [0.1, 0.15) is 40.0 Å². The molecule has 2 saturated carbocycles. The molecule has 1 spiro atoms. The Kier molecular flexibility index (Phi) is 3.53. The minimum atomic E-state index is -1.84. The van der Waals surface area contributed by atoms with Crippen molar-refractivity contribution in [3.05, 3.63) is 23.3 Å². The van der Waals surface area contributed by atoms with E-state index in [1.165, 1.54) is 0 Å².